The number of ether oxygens (including phenoxy) is 2. The van der Waals surface area contributed by atoms with E-state index in [2.05, 4.69) is 9.47 Å². The van der Waals surface area contributed by atoms with E-state index in [0.29, 0.717) is 0 Å². The Morgan fingerprint density at radius 1 is 1.37 bits per heavy atom. The van der Waals surface area contributed by atoms with Crippen LogP contribution in [0.25, 0.3) is 0 Å². The molecule has 0 fully saturated rings. The van der Waals surface area contributed by atoms with Crippen LogP contribution in [0.3, 0.4) is 0 Å². The molecule has 8 heteroatoms. The third-order valence-electron chi connectivity index (χ3n) is 2.15. The lowest BCUT2D eigenvalue weighted by Gasteiger charge is -2.09. The highest BCUT2D eigenvalue weighted by Gasteiger charge is 2.27. The summed E-state index contributed by atoms with van der Waals surface area (Å²) in [5.74, 6) is -0.634. The average Bonchev–Trinajstić information content (AvgIpc) is 2.34. The molecular formula is C11H12F3NO4. The lowest BCUT2D eigenvalue weighted by Crippen LogP contribution is -2.24. The number of alkyl halides is 3. The van der Waals surface area contributed by atoms with Crippen LogP contribution in [-0.4, -0.2) is 37.0 Å². The van der Waals surface area contributed by atoms with Crippen molar-refractivity contribution in [2.45, 2.75) is 12.7 Å². The normalized spacial score (nSPS) is 11.4. The number of carbonyl (C=O) groups is 1. The number of hydrogen-bond donors (Lipinski definition) is 0. The van der Waals surface area contributed by atoms with Crippen molar-refractivity contribution in [3.8, 4) is 0 Å². The first kappa shape index (κ1) is 15.2. The van der Waals surface area contributed by atoms with Gasteiger partial charge in [-0.2, -0.15) is 13.2 Å². The highest BCUT2D eigenvalue weighted by Crippen LogP contribution is 2.14. The first-order valence-electron chi connectivity index (χ1n) is 5.27. The summed E-state index contributed by atoms with van der Waals surface area (Å²) in [6.45, 7) is -1.75. The molecule has 1 aromatic heterocycles. The summed E-state index contributed by atoms with van der Waals surface area (Å²) < 4.78 is 45.4. The number of methoxy groups -OCH3 is 1. The van der Waals surface area contributed by atoms with E-state index in [0.717, 1.165) is 10.6 Å². The molecule has 0 amide bonds. The molecular weight excluding hydrogens is 267 g/mol. The molecule has 0 aromatic carbocycles. The van der Waals surface area contributed by atoms with Crippen molar-refractivity contribution in [2.75, 3.05) is 20.3 Å². The molecule has 0 N–H and O–H groups in total. The van der Waals surface area contributed by atoms with Gasteiger partial charge in [-0.05, 0) is 6.07 Å². The zero-order valence-corrected chi connectivity index (χ0v) is 10.1. The zero-order chi connectivity index (χ0) is 14.5. The summed E-state index contributed by atoms with van der Waals surface area (Å²) in [5.41, 5.74) is -0.304. The van der Waals surface area contributed by atoms with Crippen molar-refractivity contribution in [1.29, 1.82) is 0 Å². The molecule has 0 radical (unpaired) electrons. The van der Waals surface area contributed by atoms with Gasteiger partial charge in [0.05, 0.1) is 19.3 Å². The van der Waals surface area contributed by atoms with E-state index < -0.39 is 24.3 Å². The Labute approximate surface area is 106 Å². The predicted octanol–water partition coefficient (Wildman–Crippen LogP) is 1.21. The average molecular weight is 279 g/mol. The molecule has 0 atom stereocenters. The van der Waals surface area contributed by atoms with E-state index in [9.17, 15) is 22.8 Å². The molecule has 19 heavy (non-hydrogen) atoms. The third kappa shape index (κ3) is 5.12. The Bertz CT molecular complexity index is 495. The molecule has 1 heterocycles. The summed E-state index contributed by atoms with van der Waals surface area (Å²) in [7, 11) is 1.18. The third-order valence-corrected chi connectivity index (χ3v) is 2.15. The molecule has 106 valence electrons. The fourth-order valence-electron chi connectivity index (χ4n) is 1.30. The molecule has 1 aromatic rings. The van der Waals surface area contributed by atoms with Gasteiger partial charge in [-0.25, -0.2) is 4.79 Å². The molecule has 0 spiro atoms. The smallest absolute Gasteiger partial charge is 0.411 e. The number of pyridine rings is 1. The van der Waals surface area contributed by atoms with Gasteiger partial charge in [0.2, 0.25) is 0 Å². The van der Waals surface area contributed by atoms with E-state index in [1.807, 2.05) is 0 Å². The lowest BCUT2D eigenvalue weighted by molar-refractivity contribution is -0.174. The standard InChI is InChI=1S/C11H12F3NO4/c1-18-10(17)8-2-3-9(16)15(6-8)4-5-19-7-11(12,13)14/h2-3,6H,4-5,7H2,1H3. The van der Waals surface area contributed by atoms with Crippen LogP contribution < -0.4 is 5.56 Å². The van der Waals surface area contributed by atoms with Gasteiger partial charge in [-0.1, -0.05) is 0 Å². The van der Waals surface area contributed by atoms with Crippen LogP contribution in [0.4, 0.5) is 13.2 Å². The van der Waals surface area contributed by atoms with Gasteiger partial charge >= 0.3 is 12.1 Å². The zero-order valence-electron chi connectivity index (χ0n) is 10.1. The quantitative estimate of drug-likeness (QED) is 0.600. The number of halogens is 3. The number of esters is 1. The van der Waals surface area contributed by atoms with Crippen LogP contribution >= 0.6 is 0 Å². The second-order valence-electron chi connectivity index (χ2n) is 3.61. The SMILES string of the molecule is COC(=O)c1ccc(=O)n(CCOCC(F)(F)F)c1. The van der Waals surface area contributed by atoms with Crippen LogP contribution in [0.5, 0.6) is 0 Å². The van der Waals surface area contributed by atoms with Crippen molar-refractivity contribution in [2.24, 2.45) is 0 Å². The van der Waals surface area contributed by atoms with Gasteiger partial charge in [0.1, 0.15) is 6.61 Å². The summed E-state index contributed by atoms with van der Waals surface area (Å²) in [5, 5.41) is 0. The van der Waals surface area contributed by atoms with Crippen LogP contribution in [0, 0.1) is 0 Å². The molecule has 5 nitrogen and oxygen atoms in total. The molecule has 0 aliphatic heterocycles. The molecule has 0 saturated carbocycles. The van der Waals surface area contributed by atoms with Gasteiger partial charge in [0, 0.05) is 18.8 Å². The Kier molecular flexibility index (Phi) is 5.11. The molecule has 0 aliphatic carbocycles. The second kappa shape index (κ2) is 6.37. The Hall–Kier alpha value is -1.83. The summed E-state index contributed by atoms with van der Waals surface area (Å²) in [4.78, 5) is 22.6. The number of nitrogens with zero attached hydrogens (tertiary/aromatic N) is 1. The minimum atomic E-state index is -4.40. The summed E-state index contributed by atoms with van der Waals surface area (Å²) in [6.07, 6.45) is -3.19. The van der Waals surface area contributed by atoms with Gasteiger partial charge in [-0.3, -0.25) is 4.79 Å². The van der Waals surface area contributed by atoms with Crippen molar-refractivity contribution < 1.29 is 27.4 Å². The highest BCUT2D eigenvalue weighted by molar-refractivity contribution is 5.88. The maximum absolute atomic E-state index is 11.8. The van der Waals surface area contributed by atoms with Crippen molar-refractivity contribution >= 4 is 5.97 Å². The topological polar surface area (TPSA) is 57.5 Å². The summed E-state index contributed by atoms with van der Waals surface area (Å²) >= 11 is 0. The minimum Gasteiger partial charge on any atom is -0.465 e. The number of rotatable bonds is 5. The first-order valence-corrected chi connectivity index (χ1v) is 5.27. The summed E-state index contributed by atoms with van der Waals surface area (Å²) in [6, 6.07) is 2.41. The Balaban J connectivity index is 2.63. The fraction of sp³-hybridized carbons (Fsp3) is 0.455. The largest absolute Gasteiger partial charge is 0.465 e. The molecule has 0 bridgehead atoms. The van der Waals surface area contributed by atoms with Crippen LogP contribution in [0.1, 0.15) is 10.4 Å². The lowest BCUT2D eigenvalue weighted by atomic mass is 10.3. The van der Waals surface area contributed by atoms with E-state index in [1.165, 1.54) is 19.4 Å². The Morgan fingerprint density at radius 2 is 2.05 bits per heavy atom. The van der Waals surface area contributed by atoms with E-state index in [-0.39, 0.29) is 18.7 Å². The van der Waals surface area contributed by atoms with Crippen molar-refractivity contribution in [3.63, 3.8) is 0 Å². The highest BCUT2D eigenvalue weighted by atomic mass is 19.4. The molecule has 0 saturated heterocycles. The monoisotopic (exact) mass is 279 g/mol. The van der Waals surface area contributed by atoms with Gasteiger partial charge in [0.25, 0.3) is 5.56 Å². The maximum Gasteiger partial charge on any atom is 0.411 e. The van der Waals surface area contributed by atoms with E-state index in [1.54, 1.807) is 0 Å². The molecule has 0 aliphatic rings. The number of carbonyl (C=O) groups excluding carboxylic acids is 1. The number of aromatic nitrogens is 1. The van der Waals surface area contributed by atoms with Crippen LogP contribution in [0.2, 0.25) is 0 Å². The fourth-order valence-corrected chi connectivity index (χ4v) is 1.30. The van der Waals surface area contributed by atoms with Crippen molar-refractivity contribution in [3.05, 3.63) is 34.2 Å². The molecule has 1 rings (SSSR count). The maximum atomic E-state index is 11.8. The number of hydrogen-bond acceptors (Lipinski definition) is 4. The Morgan fingerprint density at radius 3 is 2.63 bits per heavy atom. The van der Waals surface area contributed by atoms with Crippen LogP contribution in [0.15, 0.2) is 23.1 Å². The molecule has 0 unspecified atom stereocenters. The first-order chi connectivity index (χ1) is 8.83. The van der Waals surface area contributed by atoms with E-state index >= 15 is 0 Å². The predicted molar refractivity (Wildman–Crippen MR) is 58.9 cm³/mol. The minimum absolute atomic E-state index is 0.0836. The second-order valence-corrected chi connectivity index (χ2v) is 3.61. The van der Waals surface area contributed by atoms with E-state index in [4.69, 9.17) is 0 Å². The van der Waals surface area contributed by atoms with Gasteiger partial charge in [-0.15, -0.1) is 0 Å². The van der Waals surface area contributed by atoms with Crippen molar-refractivity contribution in [1.82, 2.24) is 4.57 Å². The van der Waals surface area contributed by atoms with Gasteiger partial charge < -0.3 is 14.0 Å². The van der Waals surface area contributed by atoms with Crippen LogP contribution in [-0.2, 0) is 16.0 Å². The van der Waals surface area contributed by atoms with Gasteiger partial charge in [0.15, 0.2) is 0 Å².